The molecule has 0 bridgehead atoms. The molecular formula is C83H162O17P2. The van der Waals surface area contributed by atoms with Crippen molar-refractivity contribution in [2.24, 2.45) is 5.92 Å². The van der Waals surface area contributed by atoms with Gasteiger partial charge in [0.2, 0.25) is 0 Å². The van der Waals surface area contributed by atoms with E-state index in [1.165, 1.54) is 263 Å². The normalized spacial score (nSPS) is 13.8. The molecule has 3 N–H and O–H groups in total. The molecule has 0 amide bonds. The predicted molar refractivity (Wildman–Crippen MR) is 418 cm³/mol. The molecule has 0 saturated heterocycles. The molecule has 0 radical (unpaired) electrons. The van der Waals surface area contributed by atoms with Gasteiger partial charge in [0, 0.05) is 25.7 Å². The standard InChI is InChI=1S/C83H162O17P2/c1-6-9-12-15-17-19-21-23-25-27-29-31-33-35-37-39-41-45-49-53-58-63-68-83(88)100-79(73-94-81(86)67-62-57-52-48-44-40-38-36-34-32-30-28-26-24-22-20-18-16-13-10-7-2)75-98-102(91,92)96-71-77(84)70-95-101(89,90)97-74-78(72-93-80(85)66-61-55-14-11-8-3)99-82(87)69-64-59-54-50-46-42-43-47-51-56-60-65-76(4)5/h76-79,84H,6-75H2,1-5H3,(H,89,90)(H,91,92)/t77-,78+,79+/m0/s1. The molecule has 19 heteroatoms. The number of phosphoric ester groups is 2. The first-order valence-electron chi connectivity index (χ1n) is 43.1. The van der Waals surface area contributed by atoms with E-state index in [2.05, 4.69) is 34.6 Å². The predicted octanol–water partition coefficient (Wildman–Crippen LogP) is 25.2. The van der Waals surface area contributed by atoms with Gasteiger partial charge in [0.05, 0.1) is 26.4 Å². The molecule has 2 unspecified atom stereocenters. The van der Waals surface area contributed by atoms with Crippen molar-refractivity contribution in [1.82, 2.24) is 0 Å². The van der Waals surface area contributed by atoms with E-state index >= 15 is 0 Å². The zero-order valence-electron chi connectivity index (χ0n) is 66.8. The number of aliphatic hydroxyl groups excluding tert-OH is 1. The van der Waals surface area contributed by atoms with E-state index in [9.17, 15) is 43.2 Å². The summed E-state index contributed by atoms with van der Waals surface area (Å²) in [6.45, 7) is 7.24. The van der Waals surface area contributed by atoms with Crippen molar-refractivity contribution < 1.29 is 80.2 Å². The summed E-state index contributed by atoms with van der Waals surface area (Å²) in [6.07, 6.45) is 68.8. The minimum absolute atomic E-state index is 0.106. The molecule has 5 atom stereocenters. The average molecular weight is 1490 g/mol. The Kier molecular flexibility index (Phi) is 74.4. The number of carbonyl (C=O) groups excluding carboxylic acids is 4. The Labute approximate surface area is 626 Å². The minimum Gasteiger partial charge on any atom is -0.462 e. The summed E-state index contributed by atoms with van der Waals surface area (Å²) < 4.78 is 68.5. The molecule has 0 saturated carbocycles. The van der Waals surface area contributed by atoms with E-state index in [0.717, 1.165) is 102 Å². The van der Waals surface area contributed by atoms with Gasteiger partial charge in [0.1, 0.15) is 19.3 Å². The molecule has 0 fully saturated rings. The number of hydrogen-bond donors (Lipinski definition) is 3. The van der Waals surface area contributed by atoms with Crippen LogP contribution in [0, 0.1) is 5.92 Å². The van der Waals surface area contributed by atoms with Crippen LogP contribution in [0.1, 0.15) is 446 Å². The summed E-state index contributed by atoms with van der Waals surface area (Å²) in [6, 6.07) is 0. The molecular weight excluding hydrogens is 1330 g/mol. The minimum atomic E-state index is -4.96. The van der Waals surface area contributed by atoms with Gasteiger partial charge in [-0.25, -0.2) is 9.13 Å². The smallest absolute Gasteiger partial charge is 0.462 e. The monoisotopic (exact) mass is 1490 g/mol. The molecule has 0 spiro atoms. The molecule has 0 rings (SSSR count). The van der Waals surface area contributed by atoms with Crippen LogP contribution in [0.4, 0.5) is 0 Å². The first-order chi connectivity index (χ1) is 49.5. The van der Waals surface area contributed by atoms with Crippen LogP contribution in [-0.4, -0.2) is 96.7 Å². The first-order valence-corrected chi connectivity index (χ1v) is 46.1. The molecule has 0 aliphatic rings. The molecule has 0 aromatic carbocycles. The van der Waals surface area contributed by atoms with Crippen LogP contribution in [0.3, 0.4) is 0 Å². The van der Waals surface area contributed by atoms with Crippen LogP contribution in [0.2, 0.25) is 0 Å². The number of rotatable bonds is 83. The number of carbonyl (C=O) groups is 4. The molecule has 0 aromatic heterocycles. The second-order valence-electron chi connectivity index (χ2n) is 30.3. The van der Waals surface area contributed by atoms with Gasteiger partial charge in [-0.1, -0.05) is 394 Å². The quantitative estimate of drug-likeness (QED) is 0.0222. The molecule has 0 aromatic rings. The molecule has 0 heterocycles. The Balaban J connectivity index is 5.10. The summed E-state index contributed by atoms with van der Waals surface area (Å²) in [5.41, 5.74) is 0. The van der Waals surface area contributed by atoms with Crippen LogP contribution >= 0.6 is 15.6 Å². The first kappa shape index (κ1) is 100. The Bertz CT molecular complexity index is 1940. The Hall–Kier alpha value is -1.94. The second kappa shape index (κ2) is 75.9. The van der Waals surface area contributed by atoms with Gasteiger partial charge in [-0.05, 0) is 31.6 Å². The van der Waals surface area contributed by atoms with Crippen molar-refractivity contribution in [2.75, 3.05) is 39.6 Å². The van der Waals surface area contributed by atoms with E-state index in [0.29, 0.717) is 25.7 Å². The summed E-state index contributed by atoms with van der Waals surface area (Å²) in [7, 11) is -9.91. The summed E-state index contributed by atoms with van der Waals surface area (Å²) in [5.74, 6) is -1.35. The van der Waals surface area contributed by atoms with Crippen molar-refractivity contribution in [1.29, 1.82) is 0 Å². The highest BCUT2D eigenvalue weighted by atomic mass is 31.2. The molecule has 102 heavy (non-hydrogen) atoms. The fourth-order valence-electron chi connectivity index (χ4n) is 12.9. The molecule has 0 aliphatic carbocycles. The maximum atomic E-state index is 13.1. The van der Waals surface area contributed by atoms with E-state index in [4.69, 9.17) is 37.0 Å². The van der Waals surface area contributed by atoms with Crippen LogP contribution in [-0.2, 0) is 65.4 Å². The van der Waals surface area contributed by atoms with Gasteiger partial charge in [0.25, 0.3) is 0 Å². The summed E-state index contributed by atoms with van der Waals surface area (Å²) >= 11 is 0. The fourth-order valence-corrected chi connectivity index (χ4v) is 14.5. The maximum absolute atomic E-state index is 13.1. The highest BCUT2D eigenvalue weighted by Gasteiger charge is 2.30. The molecule has 17 nitrogen and oxygen atoms in total. The van der Waals surface area contributed by atoms with Crippen molar-refractivity contribution in [2.45, 2.75) is 464 Å². The highest BCUT2D eigenvalue weighted by Crippen LogP contribution is 2.45. The van der Waals surface area contributed by atoms with Crippen LogP contribution in [0.15, 0.2) is 0 Å². The second-order valence-corrected chi connectivity index (χ2v) is 33.3. The van der Waals surface area contributed by atoms with E-state index in [1.54, 1.807) is 0 Å². The lowest BCUT2D eigenvalue weighted by atomic mass is 10.0. The molecule has 606 valence electrons. The van der Waals surface area contributed by atoms with Gasteiger partial charge in [-0.3, -0.25) is 37.3 Å². The van der Waals surface area contributed by atoms with E-state index < -0.39 is 97.5 Å². The number of hydrogen-bond acceptors (Lipinski definition) is 15. The fraction of sp³-hybridized carbons (Fsp3) is 0.952. The van der Waals surface area contributed by atoms with Gasteiger partial charge in [-0.2, -0.15) is 0 Å². The Morgan fingerprint density at radius 2 is 0.451 bits per heavy atom. The SMILES string of the molecule is CCCCCCCCCCCCCCCCCCCCCCCCC(=O)O[C@H](COC(=O)CCCCCCCCCCCCCCCCCCCCCCC)COP(=O)(O)OC[C@@H](O)COP(=O)(O)OC[C@@H](COC(=O)CCCCCCC)OC(=O)CCCCCCCCCCCCCC(C)C. The zero-order chi connectivity index (χ0) is 74.8. The topological polar surface area (TPSA) is 237 Å². The van der Waals surface area contributed by atoms with Crippen LogP contribution in [0.5, 0.6) is 0 Å². The van der Waals surface area contributed by atoms with Crippen molar-refractivity contribution >= 4 is 39.5 Å². The van der Waals surface area contributed by atoms with Crippen molar-refractivity contribution in [3.63, 3.8) is 0 Å². The summed E-state index contributed by atoms with van der Waals surface area (Å²) in [5, 5.41) is 10.6. The van der Waals surface area contributed by atoms with Gasteiger partial charge >= 0.3 is 39.5 Å². The number of esters is 4. The Morgan fingerprint density at radius 3 is 0.667 bits per heavy atom. The highest BCUT2D eigenvalue weighted by molar-refractivity contribution is 7.47. The number of phosphoric acid groups is 2. The van der Waals surface area contributed by atoms with Crippen LogP contribution < -0.4 is 0 Å². The van der Waals surface area contributed by atoms with E-state index in [1.807, 2.05) is 0 Å². The molecule has 0 aliphatic heterocycles. The van der Waals surface area contributed by atoms with E-state index in [-0.39, 0.29) is 25.7 Å². The maximum Gasteiger partial charge on any atom is 0.472 e. The summed E-state index contributed by atoms with van der Waals surface area (Å²) in [4.78, 5) is 72.8. The lowest BCUT2D eigenvalue weighted by Gasteiger charge is -2.21. The van der Waals surface area contributed by atoms with Crippen molar-refractivity contribution in [3.8, 4) is 0 Å². The lowest BCUT2D eigenvalue weighted by molar-refractivity contribution is -0.161. The third-order valence-electron chi connectivity index (χ3n) is 19.5. The van der Waals surface area contributed by atoms with Gasteiger partial charge in [-0.15, -0.1) is 0 Å². The van der Waals surface area contributed by atoms with Crippen molar-refractivity contribution in [3.05, 3.63) is 0 Å². The zero-order valence-corrected chi connectivity index (χ0v) is 68.5. The third-order valence-corrected chi connectivity index (χ3v) is 21.4. The number of aliphatic hydroxyl groups is 1. The Morgan fingerprint density at radius 1 is 0.265 bits per heavy atom. The van der Waals surface area contributed by atoms with Gasteiger partial charge in [0.15, 0.2) is 12.2 Å². The number of ether oxygens (including phenoxy) is 4. The number of unbranched alkanes of at least 4 members (excludes halogenated alkanes) is 55. The lowest BCUT2D eigenvalue weighted by Crippen LogP contribution is -2.30. The average Bonchev–Trinajstić information content (AvgIpc) is 0.943. The third kappa shape index (κ3) is 76.3. The van der Waals surface area contributed by atoms with Gasteiger partial charge < -0.3 is 33.8 Å². The largest absolute Gasteiger partial charge is 0.472 e. The van der Waals surface area contributed by atoms with Crippen LogP contribution in [0.25, 0.3) is 0 Å².